The summed E-state index contributed by atoms with van der Waals surface area (Å²) in [5, 5.41) is 5.57. The van der Waals surface area contributed by atoms with Crippen LogP contribution in [0.15, 0.2) is 47.1 Å². The van der Waals surface area contributed by atoms with E-state index in [2.05, 4.69) is 10.6 Å². The van der Waals surface area contributed by atoms with Gasteiger partial charge in [-0.1, -0.05) is 18.2 Å². The Balaban J connectivity index is 1.72. The van der Waals surface area contributed by atoms with Crippen LogP contribution in [0, 0.1) is 0 Å². The Labute approximate surface area is 117 Å². The van der Waals surface area contributed by atoms with Gasteiger partial charge in [-0.25, -0.2) is 4.79 Å². The first-order chi connectivity index (χ1) is 9.79. The Kier molecular flexibility index (Phi) is 5.06. The lowest BCUT2D eigenvalue weighted by Gasteiger charge is -2.10. The molecule has 0 aliphatic carbocycles. The van der Waals surface area contributed by atoms with Crippen LogP contribution in [-0.2, 0) is 13.0 Å². The van der Waals surface area contributed by atoms with Gasteiger partial charge < -0.3 is 19.8 Å². The fourth-order valence-corrected chi connectivity index (χ4v) is 1.84. The van der Waals surface area contributed by atoms with Crippen molar-refractivity contribution in [3.8, 4) is 5.75 Å². The number of para-hydroxylation sites is 1. The van der Waals surface area contributed by atoms with E-state index in [4.69, 9.17) is 9.15 Å². The molecule has 2 aromatic rings. The second kappa shape index (κ2) is 7.23. The zero-order valence-corrected chi connectivity index (χ0v) is 11.4. The molecule has 5 nitrogen and oxygen atoms in total. The Morgan fingerprint density at radius 1 is 1.20 bits per heavy atom. The molecule has 1 aromatic heterocycles. The summed E-state index contributed by atoms with van der Waals surface area (Å²) in [6.07, 6.45) is 2.30. The van der Waals surface area contributed by atoms with Gasteiger partial charge >= 0.3 is 6.03 Å². The SMILES string of the molecule is COc1ccccc1CNC(=O)NCCc1ccco1. The molecule has 2 rings (SSSR count). The molecule has 1 aromatic carbocycles. The van der Waals surface area contributed by atoms with E-state index in [-0.39, 0.29) is 6.03 Å². The highest BCUT2D eigenvalue weighted by Crippen LogP contribution is 2.16. The second-order valence-corrected chi connectivity index (χ2v) is 4.25. The Morgan fingerprint density at radius 2 is 2.05 bits per heavy atom. The average molecular weight is 274 g/mol. The van der Waals surface area contributed by atoms with E-state index in [1.165, 1.54) is 0 Å². The van der Waals surface area contributed by atoms with E-state index >= 15 is 0 Å². The topological polar surface area (TPSA) is 63.5 Å². The number of nitrogens with one attached hydrogen (secondary N) is 2. The lowest BCUT2D eigenvalue weighted by atomic mass is 10.2. The number of amides is 2. The second-order valence-electron chi connectivity index (χ2n) is 4.25. The van der Waals surface area contributed by atoms with Crippen LogP contribution in [0.2, 0.25) is 0 Å². The van der Waals surface area contributed by atoms with Gasteiger partial charge in [0.1, 0.15) is 11.5 Å². The van der Waals surface area contributed by atoms with Crippen LogP contribution >= 0.6 is 0 Å². The van der Waals surface area contributed by atoms with Crippen molar-refractivity contribution in [3.63, 3.8) is 0 Å². The van der Waals surface area contributed by atoms with Gasteiger partial charge in [0, 0.05) is 25.1 Å². The molecule has 0 saturated heterocycles. The molecule has 0 atom stereocenters. The smallest absolute Gasteiger partial charge is 0.315 e. The summed E-state index contributed by atoms with van der Waals surface area (Å²) in [5.74, 6) is 1.62. The summed E-state index contributed by atoms with van der Waals surface area (Å²) in [5.41, 5.74) is 0.941. The van der Waals surface area contributed by atoms with E-state index in [9.17, 15) is 4.79 Å². The minimum Gasteiger partial charge on any atom is -0.496 e. The molecule has 0 unspecified atom stereocenters. The van der Waals surface area contributed by atoms with Gasteiger partial charge in [-0.3, -0.25) is 0 Å². The van der Waals surface area contributed by atoms with Crippen molar-refractivity contribution in [2.24, 2.45) is 0 Å². The zero-order chi connectivity index (χ0) is 14.2. The highest BCUT2D eigenvalue weighted by Gasteiger charge is 2.04. The van der Waals surface area contributed by atoms with Gasteiger partial charge in [-0.05, 0) is 18.2 Å². The fourth-order valence-electron chi connectivity index (χ4n) is 1.84. The maximum atomic E-state index is 11.7. The summed E-state index contributed by atoms with van der Waals surface area (Å²) in [7, 11) is 1.61. The number of methoxy groups -OCH3 is 1. The fraction of sp³-hybridized carbons (Fsp3) is 0.267. The lowest BCUT2D eigenvalue weighted by Crippen LogP contribution is -2.36. The highest BCUT2D eigenvalue weighted by molar-refractivity contribution is 5.73. The van der Waals surface area contributed by atoms with Crippen LogP contribution in [-0.4, -0.2) is 19.7 Å². The predicted octanol–water partition coefficient (Wildman–Crippen LogP) is 2.33. The molecular weight excluding hydrogens is 256 g/mol. The van der Waals surface area contributed by atoms with E-state index in [0.717, 1.165) is 17.1 Å². The molecular formula is C15H18N2O3. The van der Waals surface area contributed by atoms with Gasteiger partial charge in [0.2, 0.25) is 0 Å². The van der Waals surface area contributed by atoms with Gasteiger partial charge in [0.25, 0.3) is 0 Å². The molecule has 2 N–H and O–H groups in total. The predicted molar refractivity (Wildman–Crippen MR) is 75.6 cm³/mol. The zero-order valence-electron chi connectivity index (χ0n) is 11.4. The molecule has 0 bridgehead atoms. The molecule has 2 amide bonds. The minimum atomic E-state index is -0.206. The summed E-state index contributed by atoms with van der Waals surface area (Å²) >= 11 is 0. The average Bonchev–Trinajstić information content (AvgIpc) is 2.98. The molecule has 0 aliphatic heterocycles. The van der Waals surface area contributed by atoms with Crippen molar-refractivity contribution in [1.29, 1.82) is 0 Å². The molecule has 0 aliphatic rings. The Morgan fingerprint density at radius 3 is 2.80 bits per heavy atom. The van der Waals surface area contributed by atoms with Crippen LogP contribution in [0.1, 0.15) is 11.3 Å². The number of carbonyl (C=O) groups is 1. The first-order valence-electron chi connectivity index (χ1n) is 6.45. The first kappa shape index (κ1) is 14.0. The Hall–Kier alpha value is -2.43. The van der Waals surface area contributed by atoms with Crippen molar-refractivity contribution in [2.75, 3.05) is 13.7 Å². The van der Waals surface area contributed by atoms with Crippen molar-refractivity contribution in [1.82, 2.24) is 10.6 Å². The molecule has 106 valence electrons. The lowest BCUT2D eigenvalue weighted by molar-refractivity contribution is 0.240. The third-order valence-electron chi connectivity index (χ3n) is 2.87. The van der Waals surface area contributed by atoms with Gasteiger partial charge in [0.15, 0.2) is 0 Å². The van der Waals surface area contributed by atoms with Crippen molar-refractivity contribution >= 4 is 6.03 Å². The van der Waals surface area contributed by atoms with Crippen LogP contribution in [0.3, 0.4) is 0 Å². The highest BCUT2D eigenvalue weighted by atomic mass is 16.5. The van der Waals surface area contributed by atoms with Crippen LogP contribution in [0.5, 0.6) is 5.75 Å². The van der Waals surface area contributed by atoms with E-state index in [1.54, 1.807) is 13.4 Å². The number of rotatable bonds is 6. The third kappa shape index (κ3) is 4.05. The maximum Gasteiger partial charge on any atom is 0.315 e. The van der Waals surface area contributed by atoms with Crippen LogP contribution < -0.4 is 15.4 Å². The summed E-state index contributed by atoms with van der Waals surface area (Å²) in [4.78, 5) is 11.7. The molecule has 5 heteroatoms. The molecule has 0 spiro atoms. The molecule has 0 radical (unpaired) electrons. The largest absolute Gasteiger partial charge is 0.496 e. The molecule has 0 saturated carbocycles. The van der Waals surface area contributed by atoms with Crippen LogP contribution in [0.25, 0.3) is 0 Å². The standard InChI is InChI=1S/C15H18N2O3/c1-19-14-7-3-2-5-12(14)11-17-15(18)16-9-8-13-6-4-10-20-13/h2-7,10H,8-9,11H2,1H3,(H2,16,17,18). The third-order valence-corrected chi connectivity index (χ3v) is 2.87. The number of hydrogen-bond acceptors (Lipinski definition) is 3. The van der Waals surface area contributed by atoms with E-state index in [1.807, 2.05) is 36.4 Å². The first-order valence-corrected chi connectivity index (χ1v) is 6.45. The Bertz CT molecular complexity index is 538. The molecule has 0 fully saturated rings. The maximum absolute atomic E-state index is 11.7. The quantitative estimate of drug-likeness (QED) is 0.849. The number of furan rings is 1. The normalized spacial score (nSPS) is 10.1. The van der Waals surface area contributed by atoms with Gasteiger partial charge in [-0.15, -0.1) is 0 Å². The summed E-state index contributed by atoms with van der Waals surface area (Å²) in [6, 6.07) is 11.1. The van der Waals surface area contributed by atoms with Crippen molar-refractivity contribution in [3.05, 3.63) is 54.0 Å². The van der Waals surface area contributed by atoms with Gasteiger partial charge in [-0.2, -0.15) is 0 Å². The number of carbonyl (C=O) groups excluding carboxylic acids is 1. The monoisotopic (exact) mass is 274 g/mol. The molecule has 1 heterocycles. The van der Waals surface area contributed by atoms with E-state index in [0.29, 0.717) is 19.5 Å². The number of urea groups is 1. The molecule has 20 heavy (non-hydrogen) atoms. The summed E-state index contributed by atoms with van der Waals surface area (Å²) < 4.78 is 10.4. The number of ether oxygens (including phenoxy) is 1. The van der Waals surface area contributed by atoms with Crippen LogP contribution in [0.4, 0.5) is 4.79 Å². The van der Waals surface area contributed by atoms with E-state index < -0.39 is 0 Å². The van der Waals surface area contributed by atoms with Crippen molar-refractivity contribution < 1.29 is 13.9 Å². The van der Waals surface area contributed by atoms with Crippen molar-refractivity contribution in [2.45, 2.75) is 13.0 Å². The summed E-state index contributed by atoms with van der Waals surface area (Å²) in [6.45, 7) is 0.960. The van der Waals surface area contributed by atoms with Gasteiger partial charge in [0.05, 0.1) is 13.4 Å². The number of benzene rings is 1. The number of hydrogen-bond donors (Lipinski definition) is 2. The minimum absolute atomic E-state index is 0.206.